The zero-order valence-corrected chi connectivity index (χ0v) is 10.4. The van der Waals surface area contributed by atoms with E-state index in [2.05, 4.69) is 10.3 Å². The molecule has 96 valence electrons. The average molecular weight is 262 g/mol. The van der Waals surface area contributed by atoms with E-state index in [1.807, 2.05) is 10.5 Å². The highest BCUT2D eigenvalue weighted by molar-refractivity contribution is 6.04. The minimum Gasteiger partial charge on any atom is -0.322 e. The van der Waals surface area contributed by atoms with Crippen LogP contribution in [0.1, 0.15) is 15.9 Å². The van der Waals surface area contributed by atoms with E-state index in [9.17, 15) is 4.79 Å². The summed E-state index contributed by atoms with van der Waals surface area (Å²) < 4.78 is 1.83. The molecule has 1 aromatic carbocycles. The number of hydrogen-bond acceptors (Lipinski definition) is 3. The average Bonchev–Trinajstić information content (AvgIpc) is 2.95. The van der Waals surface area contributed by atoms with Crippen molar-refractivity contribution < 1.29 is 4.79 Å². The Balaban J connectivity index is 1.82. The Labute approximate surface area is 115 Å². The number of benzene rings is 1. The van der Waals surface area contributed by atoms with Crippen LogP contribution in [0.2, 0.25) is 0 Å². The quantitative estimate of drug-likeness (QED) is 0.771. The molecule has 0 radical (unpaired) electrons. The van der Waals surface area contributed by atoms with Gasteiger partial charge < -0.3 is 9.72 Å². The minimum absolute atomic E-state index is 0.196. The van der Waals surface area contributed by atoms with Gasteiger partial charge in [0.15, 0.2) is 0 Å². The number of imidazole rings is 1. The molecule has 0 saturated heterocycles. The molecule has 0 atom stereocenters. The van der Waals surface area contributed by atoms with Gasteiger partial charge in [0.2, 0.25) is 0 Å². The lowest BCUT2D eigenvalue weighted by molar-refractivity contribution is 0.102. The summed E-state index contributed by atoms with van der Waals surface area (Å²) in [6, 6.07) is 12.3. The first kappa shape index (κ1) is 11.9. The minimum atomic E-state index is -0.196. The number of nitriles is 1. The summed E-state index contributed by atoms with van der Waals surface area (Å²) in [6.45, 7) is 0. The van der Waals surface area contributed by atoms with Crippen LogP contribution in [-0.2, 0) is 0 Å². The molecule has 0 spiro atoms. The normalized spacial score (nSPS) is 10.2. The molecule has 0 aliphatic carbocycles. The summed E-state index contributed by atoms with van der Waals surface area (Å²) in [7, 11) is 0. The predicted octanol–water partition coefficient (Wildman–Crippen LogP) is 2.46. The van der Waals surface area contributed by atoms with Crippen molar-refractivity contribution in [3.63, 3.8) is 0 Å². The molecule has 3 rings (SSSR count). The number of pyridine rings is 1. The SMILES string of the molecule is N#Cc1ccc(NC(=O)c2ccn3cncc3c2)cc1. The standard InChI is InChI=1S/C15H10N4O/c16-8-11-1-3-13(4-2-11)18-15(20)12-5-6-19-10-17-9-14(19)7-12/h1-7,9-10H,(H,18,20). The van der Waals surface area contributed by atoms with Crippen molar-refractivity contribution in [2.45, 2.75) is 0 Å². The maximum absolute atomic E-state index is 12.1. The van der Waals surface area contributed by atoms with Gasteiger partial charge in [0.05, 0.1) is 29.7 Å². The third-order valence-electron chi connectivity index (χ3n) is 2.95. The number of nitrogens with zero attached hydrogens (tertiary/aromatic N) is 3. The van der Waals surface area contributed by atoms with Crippen LogP contribution in [0, 0.1) is 11.3 Å². The van der Waals surface area contributed by atoms with Crippen molar-refractivity contribution in [1.82, 2.24) is 9.38 Å². The van der Waals surface area contributed by atoms with E-state index >= 15 is 0 Å². The van der Waals surface area contributed by atoms with Crippen molar-refractivity contribution in [1.29, 1.82) is 5.26 Å². The van der Waals surface area contributed by atoms with Crippen LogP contribution in [0.5, 0.6) is 0 Å². The number of aromatic nitrogens is 2. The highest BCUT2D eigenvalue weighted by Gasteiger charge is 2.07. The summed E-state index contributed by atoms with van der Waals surface area (Å²) in [6.07, 6.45) is 5.16. The van der Waals surface area contributed by atoms with Gasteiger partial charge in [-0.2, -0.15) is 5.26 Å². The monoisotopic (exact) mass is 262 g/mol. The molecule has 0 unspecified atom stereocenters. The summed E-state index contributed by atoms with van der Waals surface area (Å²) in [5, 5.41) is 11.5. The molecule has 0 aliphatic rings. The van der Waals surface area contributed by atoms with E-state index in [1.165, 1.54) is 0 Å². The molecule has 20 heavy (non-hydrogen) atoms. The Hall–Kier alpha value is -3.13. The second kappa shape index (κ2) is 4.86. The second-order valence-corrected chi connectivity index (χ2v) is 4.28. The first-order chi connectivity index (χ1) is 9.76. The number of rotatable bonds is 2. The van der Waals surface area contributed by atoms with Gasteiger partial charge >= 0.3 is 0 Å². The number of fused-ring (bicyclic) bond motifs is 1. The van der Waals surface area contributed by atoms with Crippen LogP contribution in [0.15, 0.2) is 55.1 Å². The predicted molar refractivity (Wildman–Crippen MR) is 74.3 cm³/mol. The number of carbonyl (C=O) groups is 1. The fraction of sp³-hybridized carbons (Fsp3) is 0. The fourth-order valence-corrected chi connectivity index (χ4v) is 1.89. The van der Waals surface area contributed by atoms with E-state index in [4.69, 9.17) is 5.26 Å². The van der Waals surface area contributed by atoms with Gasteiger partial charge in [-0.25, -0.2) is 4.98 Å². The first-order valence-corrected chi connectivity index (χ1v) is 5.99. The number of carbonyl (C=O) groups excluding carboxylic acids is 1. The Morgan fingerprint density at radius 2 is 2.05 bits per heavy atom. The number of amides is 1. The van der Waals surface area contributed by atoms with Gasteiger partial charge in [-0.1, -0.05) is 0 Å². The largest absolute Gasteiger partial charge is 0.322 e. The Morgan fingerprint density at radius 3 is 2.80 bits per heavy atom. The maximum Gasteiger partial charge on any atom is 0.255 e. The fourth-order valence-electron chi connectivity index (χ4n) is 1.89. The van der Waals surface area contributed by atoms with Crippen molar-refractivity contribution >= 4 is 17.1 Å². The molecule has 5 heteroatoms. The summed E-state index contributed by atoms with van der Waals surface area (Å²) >= 11 is 0. The summed E-state index contributed by atoms with van der Waals surface area (Å²) in [5.41, 5.74) is 2.63. The molecular formula is C15H10N4O. The summed E-state index contributed by atoms with van der Waals surface area (Å²) in [5.74, 6) is -0.196. The van der Waals surface area contributed by atoms with E-state index in [0.717, 1.165) is 5.52 Å². The van der Waals surface area contributed by atoms with Crippen molar-refractivity contribution in [3.8, 4) is 6.07 Å². The first-order valence-electron chi connectivity index (χ1n) is 5.99. The summed E-state index contributed by atoms with van der Waals surface area (Å²) in [4.78, 5) is 16.1. The molecule has 1 amide bonds. The van der Waals surface area contributed by atoms with Crippen molar-refractivity contribution in [3.05, 3.63) is 66.2 Å². The molecule has 0 aliphatic heterocycles. The van der Waals surface area contributed by atoms with E-state index in [0.29, 0.717) is 16.8 Å². The lowest BCUT2D eigenvalue weighted by atomic mass is 10.2. The zero-order chi connectivity index (χ0) is 13.9. The van der Waals surface area contributed by atoms with Gasteiger partial charge in [0.1, 0.15) is 0 Å². The number of anilines is 1. The van der Waals surface area contributed by atoms with Gasteiger partial charge in [0, 0.05) is 17.4 Å². The Morgan fingerprint density at radius 1 is 1.25 bits per heavy atom. The van der Waals surface area contributed by atoms with Crippen LogP contribution in [-0.4, -0.2) is 15.3 Å². The molecule has 2 heterocycles. The van der Waals surface area contributed by atoms with Gasteiger partial charge in [0.25, 0.3) is 5.91 Å². The highest BCUT2D eigenvalue weighted by atomic mass is 16.1. The topological polar surface area (TPSA) is 70.2 Å². The molecule has 2 aromatic heterocycles. The Bertz CT molecular complexity index is 812. The highest BCUT2D eigenvalue weighted by Crippen LogP contribution is 2.12. The molecule has 3 aromatic rings. The molecule has 0 saturated carbocycles. The van der Waals surface area contributed by atoms with Crippen LogP contribution in [0.4, 0.5) is 5.69 Å². The van der Waals surface area contributed by atoms with Crippen LogP contribution in [0.3, 0.4) is 0 Å². The maximum atomic E-state index is 12.1. The van der Waals surface area contributed by atoms with Crippen LogP contribution < -0.4 is 5.32 Å². The van der Waals surface area contributed by atoms with Gasteiger partial charge in [-0.05, 0) is 36.4 Å². The van der Waals surface area contributed by atoms with Gasteiger partial charge in [-0.3, -0.25) is 4.79 Å². The number of hydrogen-bond donors (Lipinski definition) is 1. The molecule has 0 fully saturated rings. The lowest BCUT2D eigenvalue weighted by Crippen LogP contribution is -2.12. The van der Waals surface area contributed by atoms with E-state index in [1.54, 1.807) is 55.1 Å². The number of nitrogens with one attached hydrogen (secondary N) is 1. The molecule has 5 nitrogen and oxygen atoms in total. The van der Waals surface area contributed by atoms with E-state index in [-0.39, 0.29) is 5.91 Å². The molecular weight excluding hydrogens is 252 g/mol. The molecule has 0 bridgehead atoms. The zero-order valence-electron chi connectivity index (χ0n) is 10.4. The third kappa shape index (κ3) is 2.22. The van der Waals surface area contributed by atoms with Crippen molar-refractivity contribution in [2.24, 2.45) is 0 Å². The second-order valence-electron chi connectivity index (χ2n) is 4.28. The third-order valence-corrected chi connectivity index (χ3v) is 2.95. The van der Waals surface area contributed by atoms with Crippen LogP contribution in [0.25, 0.3) is 5.52 Å². The van der Waals surface area contributed by atoms with E-state index < -0.39 is 0 Å². The van der Waals surface area contributed by atoms with Gasteiger partial charge in [-0.15, -0.1) is 0 Å². The van der Waals surface area contributed by atoms with Crippen molar-refractivity contribution in [2.75, 3.05) is 5.32 Å². The van der Waals surface area contributed by atoms with Crippen LogP contribution >= 0.6 is 0 Å². The Kier molecular flexibility index (Phi) is 2.90. The molecule has 1 N–H and O–H groups in total. The smallest absolute Gasteiger partial charge is 0.255 e. The lowest BCUT2D eigenvalue weighted by Gasteiger charge is -2.05.